The van der Waals surface area contributed by atoms with Crippen molar-refractivity contribution in [3.05, 3.63) is 34.3 Å². The van der Waals surface area contributed by atoms with Gasteiger partial charge in [0.2, 0.25) is 0 Å². The molecule has 0 radical (unpaired) electrons. The summed E-state index contributed by atoms with van der Waals surface area (Å²) in [4.78, 5) is 4.44. The van der Waals surface area contributed by atoms with Crippen LogP contribution in [0.25, 0.3) is 0 Å². The van der Waals surface area contributed by atoms with Gasteiger partial charge in [0, 0.05) is 24.5 Å². The summed E-state index contributed by atoms with van der Waals surface area (Å²) in [5.41, 5.74) is 0. The molecular weight excluding hydrogens is 236 g/mol. The molecule has 0 bridgehead atoms. The molecular formula is C12H16N2S2. The number of thiocarbonyl (C=S) groups is 1. The highest BCUT2D eigenvalue weighted by Crippen LogP contribution is 2.14. The van der Waals surface area contributed by atoms with E-state index in [0.717, 1.165) is 24.5 Å². The largest absolute Gasteiger partial charge is 0.372 e. The summed E-state index contributed by atoms with van der Waals surface area (Å²) in [5.74, 6) is 1.17. The molecule has 2 rings (SSSR count). The molecule has 0 aromatic carbocycles. The van der Waals surface area contributed by atoms with Crippen LogP contribution in [0.5, 0.6) is 0 Å². The quantitative estimate of drug-likeness (QED) is 0.506. The maximum atomic E-state index is 5.42. The predicted octanol–water partition coefficient (Wildman–Crippen LogP) is 2.62. The number of allylic oxidation sites excluding steroid dienone is 1. The summed E-state index contributed by atoms with van der Waals surface area (Å²) in [6.45, 7) is 5.39. The number of nitrogens with one attached hydrogen (secondary N) is 1. The van der Waals surface area contributed by atoms with E-state index in [1.54, 1.807) is 11.3 Å². The molecule has 86 valence electrons. The molecule has 1 aromatic heterocycles. The molecule has 0 spiro atoms. The Balaban J connectivity index is 2.12. The zero-order valence-corrected chi connectivity index (χ0v) is 11.0. The van der Waals surface area contributed by atoms with E-state index in [1.807, 2.05) is 6.07 Å². The lowest BCUT2D eigenvalue weighted by molar-refractivity contribution is 0.295. The van der Waals surface area contributed by atoms with Crippen molar-refractivity contribution in [2.45, 2.75) is 13.3 Å². The molecule has 1 N–H and O–H groups in total. The summed E-state index contributed by atoms with van der Waals surface area (Å²) in [6, 6.07) is 4.11. The molecule has 1 fully saturated rings. The van der Waals surface area contributed by atoms with Gasteiger partial charge in [0.15, 0.2) is 0 Å². The van der Waals surface area contributed by atoms with Crippen LogP contribution in [-0.2, 0) is 0 Å². The van der Waals surface area contributed by atoms with Gasteiger partial charge in [-0.15, -0.1) is 11.3 Å². The van der Waals surface area contributed by atoms with Crippen LogP contribution in [0, 0.1) is 0 Å². The van der Waals surface area contributed by atoms with E-state index in [-0.39, 0.29) is 0 Å². The van der Waals surface area contributed by atoms with Crippen molar-refractivity contribution in [1.29, 1.82) is 0 Å². The van der Waals surface area contributed by atoms with Gasteiger partial charge in [0.05, 0.1) is 4.86 Å². The van der Waals surface area contributed by atoms with E-state index >= 15 is 0 Å². The lowest BCUT2D eigenvalue weighted by atomic mass is 10.2. The fourth-order valence-corrected chi connectivity index (χ4v) is 2.76. The van der Waals surface area contributed by atoms with Gasteiger partial charge in [-0.1, -0.05) is 18.3 Å². The minimum atomic E-state index is 0.929. The van der Waals surface area contributed by atoms with Crippen LogP contribution in [0.2, 0.25) is 0 Å². The van der Waals surface area contributed by atoms with Crippen LogP contribution < -0.4 is 5.32 Å². The smallest absolute Gasteiger partial charge is 0.103 e. The van der Waals surface area contributed by atoms with Crippen molar-refractivity contribution < 1.29 is 0 Å². The maximum absolute atomic E-state index is 5.42. The first-order chi connectivity index (χ1) is 7.81. The summed E-state index contributed by atoms with van der Waals surface area (Å²) in [6.07, 6.45) is 3.29. The van der Waals surface area contributed by atoms with Gasteiger partial charge >= 0.3 is 0 Å². The first-order valence-electron chi connectivity index (χ1n) is 5.59. The number of rotatable bonds is 3. The number of hydrogen-bond acceptors (Lipinski definition) is 4. The van der Waals surface area contributed by atoms with Gasteiger partial charge in [-0.3, -0.25) is 0 Å². The third kappa shape index (κ3) is 2.62. The van der Waals surface area contributed by atoms with Crippen LogP contribution in [0.15, 0.2) is 29.4 Å². The predicted molar refractivity (Wildman–Crippen MR) is 74.0 cm³/mol. The normalized spacial score (nSPS) is 18.6. The first-order valence-corrected chi connectivity index (χ1v) is 6.88. The minimum absolute atomic E-state index is 0.929. The molecule has 0 unspecified atom stereocenters. The molecule has 1 aliphatic heterocycles. The molecule has 4 heteroatoms. The van der Waals surface area contributed by atoms with Gasteiger partial charge in [0.25, 0.3) is 0 Å². The molecule has 1 saturated heterocycles. The molecule has 2 heterocycles. The fourth-order valence-electron chi connectivity index (χ4n) is 1.80. The van der Waals surface area contributed by atoms with Crippen molar-refractivity contribution >= 4 is 28.4 Å². The minimum Gasteiger partial charge on any atom is -0.372 e. The molecule has 0 aliphatic carbocycles. The standard InChI is InChI=1S/C12H16N2S2/c1-2-14-7-4-6-13-12(14)9-10(15)11-5-3-8-16-11/h3,5,8-9,13H,2,4,6-7H2,1H3. The van der Waals surface area contributed by atoms with E-state index < -0.39 is 0 Å². The molecule has 16 heavy (non-hydrogen) atoms. The summed E-state index contributed by atoms with van der Waals surface area (Å²) < 4.78 is 0. The lowest BCUT2D eigenvalue weighted by Crippen LogP contribution is -2.39. The van der Waals surface area contributed by atoms with Crippen LogP contribution >= 0.6 is 23.6 Å². The van der Waals surface area contributed by atoms with Crippen LogP contribution in [0.4, 0.5) is 0 Å². The Morgan fingerprint density at radius 1 is 1.69 bits per heavy atom. The van der Waals surface area contributed by atoms with Gasteiger partial charge < -0.3 is 10.2 Å². The van der Waals surface area contributed by atoms with Crippen molar-refractivity contribution in [2.24, 2.45) is 0 Å². The van der Waals surface area contributed by atoms with Crippen molar-refractivity contribution in [1.82, 2.24) is 10.2 Å². The number of thiophene rings is 1. The molecule has 0 amide bonds. The van der Waals surface area contributed by atoms with E-state index in [4.69, 9.17) is 12.2 Å². The number of nitrogens with zero attached hydrogens (tertiary/aromatic N) is 1. The lowest BCUT2D eigenvalue weighted by Gasteiger charge is -2.31. The van der Waals surface area contributed by atoms with E-state index in [1.165, 1.54) is 17.1 Å². The van der Waals surface area contributed by atoms with Gasteiger partial charge in [-0.2, -0.15) is 0 Å². The van der Waals surface area contributed by atoms with Crippen LogP contribution in [0.3, 0.4) is 0 Å². The Morgan fingerprint density at radius 3 is 3.25 bits per heavy atom. The van der Waals surface area contributed by atoms with E-state index in [0.29, 0.717) is 0 Å². The summed E-state index contributed by atoms with van der Waals surface area (Å²) >= 11 is 7.12. The van der Waals surface area contributed by atoms with Crippen molar-refractivity contribution in [3.8, 4) is 0 Å². The Morgan fingerprint density at radius 2 is 2.56 bits per heavy atom. The Labute approximate surface area is 106 Å². The fraction of sp³-hybridized carbons (Fsp3) is 0.417. The first kappa shape index (κ1) is 11.6. The van der Waals surface area contributed by atoms with E-state index in [2.05, 4.69) is 34.7 Å². The highest BCUT2D eigenvalue weighted by atomic mass is 32.1. The molecule has 0 atom stereocenters. The zero-order valence-electron chi connectivity index (χ0n) is 9.40. The van der Waals surface area contributed by atoms with Gasteiger partial charge in [-0.25, -0.2) is 0 Å². The topological polar surface area (TPSA) is 15.3 Å². The van der Waals surface area contributed by atoms with Crippen LogP contribution in [0.1, 0.15) is 18.2 Å². The maximum Gasteiger partial charge on any atom is 0.103 e. The third-order valence-corrected chi connectivity index (χ3v) is 4.04. The Bertz CT molecular complexity index is 382. The highest BCUT2D eigenvalue weighted by molar-refractivity contribution is 7.81. The highest BCUT2D eigenvalue weighted by Gasteiger charge is 2.13. The second-order valence-corrected chi connectivity index (χ2v) is 5.12. The third-order valence-electron chi connectivity index (χ3n) is 2.67. The molecule has 1 aromatic rings. The number of hydrogen-bond donors (Lipinski definition) is 1. The zero-order chi connectivity index (χ0) is 11.4. The molecule has 1 aliphatic rings. The van der Waals surface area contributed by atoms with Crippen molar-refractivity contribution in [2.75, 3.05) is 19.6 Å². The summed E-state index contributed by atoms with van der Waals surface area (Å²) in [5, 5.41) is 5.48. The van der Waals surface area contributed by atoms with Crippen LogP contribution in [-0.4, -0.2) is 29.4 Å². The van der Waals surface area contributed by atoms with Gasteiger partial charge in [0.1, 0.15) is 5.82 Å². The van der Waals surface area contributed by atoms with E-state index in [9.17, 15) is 0 Å². The average Bonchev–Trinajstić information content (AvgIpc) is 2.83. The van der Waals surface area contributed by atoms with Gasteiger partial charge in [-0.05, 0) is 30.9 Å². The Hall–Kier alpha value is -0.870. The van der Waals surface area contributed by atoms with Crippen molar-refractivity contribution in [3.63, 3.8) is 0 Å². The Kier molecular flexibility index (Phi) is 3.96. The molecule has 2 nitrogen and oxygen atoms in total. The monoisotopic (exact) mass is 252 g/mol. The second kappa shape index (κ2) is 5.46. The SMILES string of the molecule is CCN1CCCNC1=CC(=S)c1cccs1. The average molecular weight is 252 g/mol. The summed E-state index contributed by atoms with van der Waals surface area (Å²) in [7, 11) is 0. The molecule has 0 saturated carbocycles. The second-order valence-electron chi connectivity index (χ2n) is 3.73.